The molecule has 23 heavy (non-hydrogen) atoms. The molecule has 1 fully saturated rings. The summed E-state index contributed by atoms with van der Waals surface area (Å²) in [6.45, 7) is 4.63. The Kier molecular flexibility index (Phi) is 6.62. The number of benzene rings is 1. The smallest absolute Gasteiger partial charge is 0.129 e. The molecular formula is C18H24INO2S. The summed E-state index contributed by atoms with van der Waals surface area (Å²) in [6, 6.07) is 14.1. The number of nitrogens with zero attached hydrogens (tertiary/aromatic N) is 1. The molecule has 0 amide bonds. The van der Waals surface area contributed by atoms with Crippen molar-refractivity contribution < 1.29 is 38.3 Å². The molecule has 2 heterocycles. The Bertz CT molecular complexity index is 584. The summed E-state index contributed by atoms with van der Waals surface area (Å²) in [7, 11) is 2.27. The van der Waals surface area contributed by atoms with Crippen LogP contribution in [0.2, 0.25) is 0 Å². The minimum Gasteiger partial charge on any atom is -1.00 e. The fourth-order valence-corrected chi connectivity index (χ4v) is 3.95. The molecule has 0 aliphatic carbocycles. The first kappa shape index (κ1) is 18.9. The highest BCUT2D eigenvalue weighted by atomic mass is 127. The van der Waals surface area contributed by atoms with Crippen LogP contribution in [-0.4, -0.2) is 49.5 Å². The van der Waals surface area contributed by atoms with Crippen LogP contribution in [-0.2, 0) is 10.3 Å². The number of halogens is 1. The van der Waals surface area contributed by atoms with E-state index in [1.54, 1.807) is 11.3 Å². The van der Waals surface area contributed by atoms with Crippen molar-refractivity contribution in [3.8, 4) is 0 Å². The zero-order valence-electron chi connectivity index (χ0n) is 13.5. The van der Waals surface area contributed by atoms with Crippen LogP contribution < -0.4 is 24.0 Å². The van der Waals surface area contributed by atoms with E-state index < -0.39 is 5.60 Å². The Morgan fingerprint density at radius 1 is 1.13 bits per heavy atom. The molecule has 1 aliphatic heterocycles. The van der Waals surface area contributed by atoms with E-state index in [9.17, 15) is 5.11 Å². The molecule has 3 rings (SSSR count). The van der Waals surface area contributed by atoms with Gasteiger partial charge in [0.15, 0.2) is 0 Å². The normalized spacial score (nSPS) is 19.6. The lowest BCUT2D eigenvalue weighted by molar-refractivity contribution is -0.917. The summed E-state index contributed by atoms with van der Waals surface area (Å²) >= 11 is 1.63. The molecule has 0 radical (unpaired) electrons. The zero-order valence-corrected chi connectivity index (χ0v) is 16.4. The average Bonchev–Trinajstić information content (AvgIpc) is 3.09. The predicted octanol–water partition coefficient (Wildman–Crippen LogP) is -0.145. The molecule has 0 saturated carbocycles. The third kappa shape index (κ3) is 4.33. The number of thiophene rings is 1. The van der Waals surface area contributed by atoms with Crippen LogP contribution in [0.5, 0.6) is 0 Å². The highest BCUT2D eigenvalue weighted by Crippen LogP contribution is 2.36. The van der Waals surface area contributed by atoms with Gasteiger partial charge in [-0.15, -0.1) is 11.3 Å². The van der Waals surface area contributed by atoms with Gasteiger partial charge in [0.05, 0.1) is 26.8 Å². The van der Waals surface area contributed by atoms with E-state index >= 15 is 0 Å². The van der Waals surface area contributed by atoms with Gasteiger partial charge < -0.3 is 38.3 Å². The van der Waals surface area contributed by atoms with Gasteiger partial charge in [-0.2, -0.15) is 0 Å². The van der Waals surface area contributed by atoms with Gasteiger partial charge in [-0.25, -0.2) is 0 Å². The second kappa shape index (κ2) is 8.07. The zero-order chi connectivity index (χ0) is 15.5. The second-order valence-electron chi connectivity index (χ2n) is 6.36. The molecule has 1 aromatic heterocycles. The first-order valence-corrected chi connectivity index (χ1v) is 8.74. The summed E-state index contributed by atoms with van der Waals surface area (Å²) in [5.74, 6) is 0. The van der Waals surface area contributed by atoms with E-state index in [4.69, 9.17) is 4.74 Å². The molecule has 0 unspecified atom stereocenters. The minimum absolute atomic E-state index is 0. The number of ether oxygens (including phenoxy) is 1. The quantitative estimate of drug-likeness (QED) is 0.513. The highest BCUT2D eigenvalue weighted by molar-refractivity contribution is 7.10. The summed E-state index contributed by atoms with van der Waals surface area (Å²) in [5.41, 5.74) is 0.0898. The molecule has 5 heteroatoms. The fraction of sp³-hybridized carbons (Fsp3) is 0.444. The molecule has 1 saturated heterocycles. The van der Waals surface area contributed by atoms with E-state index in [0.717, 1.165) is 54.2 Å². The number of quaternary nitrogens is 1. The van der Waals surface area contributed by atoms with Gasteiger partial charge in [-0.3, -0.25) is 0 Å². The van der Waals surface area contributed by atoms with Gasteiger partial charge >= 0.3 is 0 Å². The number of aliphatic hydroxyl groups is 1. The van der Waals surface area contributed by atoms with Crippen molar-refractivity contribution in [1.82, 2.24) is 0 Å². The van der Waals surface area contributed by atoms with Crippen LogP contribution in [0.25, 0.3) is 0 Å². The maximum Gasteiger partial charge on any atom is 0.129 e. The molecule has 0 spiro atoms. The van der Waals surface area contributed by atoms with Crippen LogP contribution in [0.4, 0.5) is 0 Å². The van der Waals surface area contributed by atoms with E-state index in [2.05, 4.69) is 7.05 Å². The van der Waals surface area contributed by atoms with E-state index in [0.29, 0.717) is 0 Å². The third-order valence-corrected chi connectivity index (χ3v) is 5.77. The summed E-state index contributed by atoms with van der Waals surface area (Å²) in [5, 5.41) is 13.5. The van der Waals surface area contributed by atoms with Crippen LogP contribution >= 0.6 is 11.3 Å². The number of hydrogen-bond donors (Lipinski definition) is 1. The largest absolute Gasteiger partial charge is 1.00 e. The van der Waals surface area contributed by atoms with Crippen LogP contribution in [0.1, 0.15) is 16.9 Å². The van der Waals surface area contributed by atoms with E-state index in [1.807, 2.05) is 47.8 Å². The summed E-state index contributed by atoms with van der Waals surface area (Å²) in [4.78, 5) is 1.03. The second-order valence-corrected chi connectivity index (χ2v) is 7.30. The fourth-order valence-electron chi connectivity index (χ4n) is 3.08. The molecule has 1 N–H and O–H groups in total. The molecule has 1 aliphatic rings. The number of morpholine rings is 1. The maximum absolute atomic E-state index is 11.5. The number of likely N-dealkylation sites (N-methyl/N-ethyl adjacent to an activating group) is 1. The van der Waals surface area contributed by atoms with Gasteiger partial charge in [0.2, 0.25) is 0 Å². The third-order valence-electron chi connectivity index (χ3n) is 4.74. The molecule has 126 valence electrons. The predicted molar refractivity (Wildman–Crippen MR) is 90.0 cm³/mol. The summed E-state index contributed by atoms with van der Waals surface area (Å²) in [6.07, 6.45) is 0.730. The lowest BCUT2D eigenvalue weighted by Crippen LogP contribution is -3.00. The number of hydrogen-bond acceptors (Lipinski definition) is 3. The van der Waals surface area contributed by atoms with Crippen molar-refractivity contribution in [1.29, 1.82) is 0 Å². The maximum atomic E-state index is 11.5. The molecule has 0 bridgehead atoms. The lowest BCUT2D eigenvalue weighted by Gasteiger charge is -2.40. The van der Waals surface area contributed by atoms with Crippen molar-refractivity contribution >= 4 is 11.3 Å². The average molecular weight is 445 g/mol. The van der Waals surface area contributed by atoms with Crippen molar-refractivity contribution in [2.75, 3.05) is 39.9 Å². The van der Waals surface area contributed by atoms with Crippen molar-refractivity contribution in [3.05, 3.63) is 58.3 Å². The summed E-state index contributed by atoms with van der Waals surface area (Å²) < 4.78 is 6.45. The molecule has 1 aromatic carbocycles. The van der Waals surface area contributed by atoms with Crippen LogP contribution in [0.3, 0.4) is 0 Å². The first-order valence-electron chi connectivity index (χ1n) is 7.86. The minimum atomic E-state index is -0.894. The van der Waals surface area contributed by atoms with Gasteiger partial charge in [-0.05, 0) is 17.0 Å². The van der Waals surface area contributed by atoms with Crippen molar-refractivity contribution in [2.24, 2.45) is 0 Å². The van der Waals surface area contributed by atoms with Gasteiger partial charge in [-0.1, -0.05) is 36.4 Å². The Morgan fingerprint density at radius 3 is 2.43 bits per heavy atom. The highest BCUT2D eigenvalue weighted by Gasteiger charge is 2.36. The Balaban J connectivity index is 0.00000192. The van der Waals surface area contributed by atoms with Crippen molar-refractivity contribution in [2.45, 2.75) is 12.0 Å². The lowest BCUT2D eigenvalue weighted by atomic mass is 9.88. The van der Waals surface area contributed by atoms with Gasteiger partial charge in [0.1, 0.15) is 18.7 Å². The van der Waals surface area contributed by atoms with Crippen LogP contribution in [0.15, 0.2) is 47.8 Å². The van der Waals surface area contributed by atoms with Gasteiger partial charge in [0, 0.05) is 11.3 Å². The standard InChI is InChI=1S/C18H24NO2S.HI/c1-19(11-13-21-14-12-19)10-9-18(20,17-8-5-15-22-17)16-6-3-2-4-7-16;/h2-8,15,20H,9-14H2,1H3;1H/q+1;/p-1/t18-;/m0./s1. The van der Waals surface area contributed by atoms with Crippen molar-refractivity contribution in [3.63, 3.8) is 0 Å². The van der Waals surface area contributed by atoms with Gasteiger partial charge in [0.25, 0.3) is 0 Å². The molecular weight excluding hydrogens is 421 g/mol. The Labute approximate surface area is 159 Å². The number of rotatable bonds is 5. The van der Waals surface area contributed by atoms with E-state index in [-0.39, 0.29) is 24.0 Å². The Morgan fingerprint density at radius 2 is 1.83 bits per heavy atom. The molecule has 3 nitrogen and oxygen atoms in total. The monoisotopic (exact) mass is 445 g/mol. The topological polar surface area (TPSA) is 29.5 Å². The Hall–Kier alpha value is -0.470. The SMILES string of the molecule is C[N+]1(CC[C@](O)(c2ccccc2)c2cccs2)CCOCC1.[I-]. The first-order chi connectivity index (χ1) is 10.6. The molecule has 1 atom stereocenters. The molecule has 2 aromatic rings. The van der Waals surface area contributed by atoms with Crippen LogP contribution in [0, 0.1) is 0 Å². The van der Waals surface area contributed by atoms with E-state index in [1.165, 1.54) is 0 Å².